The number of primary amides is 1. The maximum Gasteiger partial charge on any atom is 0.246 e. The maximum absolute atomic E-state index is 11.7. The van der Waals surface area contributed by atoms with Crippen molar-refractivity contribution in [2.45, 2.75) is 25.9 Å². The molecule has 1 heterocycles. The van der Waals surface area contributed by atoms with E-state index in [0.717, 1.165) is 24.3 Å². The van der Waals surface area contributed by atoms with Gasteiger partial charge in [0.15, 0.2) is 0 Å². The highest BCUT2D eigenvalue weighted by atomic mass is 35.5. The lowest BCUT2D eigenvalue weighted by atomic mass is 10.2. The molecule has 6 heteroatoms. The number of rotatable bonds is 6. The molecular formula is C14H17ClN4O. The highest BCUT2D eigenvalue weighted by Gasteiger charge is 2.21. The number of hydrogen-bond acceptors (Lipinski definition) is 3. The summed E-state index contributed by atoms with van der Waals surface area (Å²) in [4.78, 5) is 15.8. The monoisotopic (exact) mass is 292 g/mol. The van der Waals surface area contributed by atoms with E-state index in [-0.39, 0.29) is 0 Å². The molecule has 3 N–H and O–H groups in total. The van der Waals surface area contributed by atoms with Crippen molar-refractivity contribution in [2.75, 3.05) is 5.32 Å². The first kappa shape index (κ1) is 14.4. The lowest BCUT2D eigenvalue weighted by molar-refractivity contribution is -0.119. The van der Waals surface area contributed by atoms with Gasteiger partial charge in [0.05, 0.1) is 18.2 Å². The molecule has 0 spiro atoms. The van der Waals surface area contributed by atoms with Crippen LogP contribution >= 0.6 is 11.6 Å². The second-order valence-electron chi connectivity index (χ2n) is 4.50. The Morgan fingerprint density at radius 3 is 2.75 bits per heavy atom. The molecule has 1 atom stereocenters. The maximum atomic E-state index is 11.7. The van der Waals surface area contributed by atoms with Crippen LogP contribution in [0.3, 0.4) is 0 Å². The number of hydrogen-bond donors (Lipinski definition) is 2. The highest BCUT2D eigenvalue weighted by molar-refractivity contribution is 6.30. The Kier molecular flexibility index (Phi) is 4.63. The summed E-state index contributed by atoms with van der Waals surface area (Å²) >= 11 is 5.84. The van der Waals surface area contributed by atoms with Gasteiger partial charge in [-0.25, -0.2) is 4.98 Å². The van der Waals surface area contributed by atoms with Crippen molar-refractivity contribution in [2.24, 2.45) is 5.73 Å². The molecule has 0 aliphatic rings. The molecule has 20 heavy (non-hydrogen) atoms. The molecule has 2 rings (SSSR count). The van der Waals surface area contributed by atoms with Gasteiger partial charge in [-0.3, -0.25) is 4.79 Å². The molecule has 2 aromatic rings. The zero-order valence-electron chi connectivity index (χ0n) is 11.2. The van der Waals surface area contributed by atoms with E-state index in [1.165, 1.54) is 0 Å². The topological polar surface area (TPSA) is 72.9 Å². The number of benzene rings is 1. The predicted octanol–water partition coefficient (Wildman–Crippen LogP) is 2.58. The number of amides is 1. The molecule has 1 unspecified atom stereocenters. The molecule has 1 amide bonds. The third-order valence-electron chi connectivity index (χ3n) is 2.94. The number of aryl methyl sites for hydroxylation is 1. The number of anilines is 1. The molecule has 106 valence electrons. The average molecular weight is 293 g/mol. The van der Waals surface area contributed by atoms with E-state index >= 15 is 0 Å². The van der Waals surface area contributed by atoms with Crippen LogP contribution in [0.15, 0.2) is 36.8 Å². The molecule has 0 aliphatic carbocycles. The Bertz CT molecular complexity index is 579. The molecular weight excluding hydrogens is 276 g/mol. The average Bonchev–Trinajstić information content (AvgIpc) is 2.86. The summed E-state index contributed by atoms with van der Waals surface area (Å²) in [6, 6.07) is 6.50. The van der Waals surface area contributed by atoms with E-state index < -0.39 is 11.9 Å². The minimum absolute atomic E-state index is 0.446. The van der Waals surface area contributed by atoms with Gasteiger partial charge in [0.2, 0.25) is 5.91 Å². The third kappa shape index (κ3) is 3.30. The summed E-state index contributed by atoms with van der Waals surface area (Å²) in [5.74, 6) is -0.446. The lowest BCUT2D eigenvalue weighted by Gasteiger charge is -2.18. The Morgan fingerprint density at radius 1 is 1.45 bits per heavy atom. The zero-order valence-corrected chi connectivity index (χ0v) is 12.0. The minimum Gasteiger partial charge on any atom is -0.369 e. The van der Waals surface area contributed by atoms with Gasteiger partial charge in [-0.05, 0) is 30.7 Å². The van der Waals surface area contributed by atoms with Crippen LogP contribution in [0.5, 0.6) is 0 Å². The molecule has 0 radical (unpaired) electrons. The van der Waals surface area contributed by atoms with E-state index in [1.54, 1.807) is 36.8 Å². The van der Waals surface area contributed by atoms with Crippen molar-refractivity contribution in [3.63, 3.8) is 0 Å². The van der Waals surface area contributed by atoms with Gasteiger partial charge >= 0.3 is 0 Å². The van der Waals surface area contributed by atoms with Gasteiger partial charge in [-0.2, -0.15) is 0 Å². The Balaban J connectivity index is 2.25. The van der Waals surface area contributed by atoms with E-state index in [0.29, 0.717) is 5.02 Å². The summed E-state index contributed by atoms with van der Waals surface area (Å²) in [6.45, 7) is 2.86. The van der Waals surface area contributed by atoms with Crippen LogP contribution in [0.2, 0.25) is 5.02 Å². The van der Waals surface area contributed by atoms with Crippen LogP contribution in [0.4, 0.5) is 5.69 Å². The second kappa shape index (κ2) is 6.43. The molecule has 0 saturated heterocycles. The number of carbonyl (C=O) groups is 1. The highest BCUT2D eigenvalue weighted by Crippen LogP contribution is 2.21. The van der Waals surface area contributed by atoms with Crippen molar-refractivity contribution in [1.82, 2.24) is 9.55 Å². The smallest absolute Gasteiger partial charge is 0.246 e. The largest absolute Gasteiger partial charge is 0.369 e. The minimum atomic E-state index is -0.620. The summed E-state index contributed by atoms with van der Waals surface area (Å²) in [5.41, 5.74) is 7.04. The summed E-state index contributed by atoms with van der Waals surface area (Å²) < 4.78 is 1.93. The molecule has 1 aromatic heterocycles. The van der Waals surface area contributed by atoms with Crippen LogP contribution in [0.25, 0.3) is 0 Å². The molecule has 0 aliphatic heterocycles. The molecule has 0 fully saturated rings. The molecule has 0 saturated carbocycles. The first-order chi connectivity index (χ1) is 9.61. The summed E-state index contributed by atoms with van der Waals surface area (Å²) in [6.07, 6.45) is 4.32. The number of nitrogens with two attached hydrogens (primary N) is 1. The Morgan fingerprint density at radius 2 is 2.15 bits per heavy atom. The second-order valence-corrected chi connectivity index (χ2v) is 4.93. The normalized spacial score (nSPS) is 12.1. The SMILES string of the molecule is CCCn1cncc1C(Nc1ccc(Cl)cc1)C(N)=O. The predicted molar refractivity (Wildman–Crippen MR) is 79.5 cm³/mol. The van der Waals surface area contributed by atoms with Gasteiger partial charge in [0.1, 0.15) is 6.04 Å². The lowest BCUT2D eigenvalue weighted by Crippen LogP contribution is -2.29. The van der Waals surface area contributed by atoms with Crippen LogP contribution in [0, 0.1) is 0 Å². The van der Waals surface area contributed by atoms with E-state index in [1.807, 2.05) is 4.57 Å². The van der Waals surface area contributed by atoms with Crippen LogP contribution in [-0.2, 0) is 11.3 Å². The number of nitrogens with one attached hydrogen (secondary N) is 1. The fourth-order valence-electron chi connectivity index (χ4n) is 2.00. The van der Waals surface area contributed by atoms with Crippen molar-refractivity contribution >= 4 is 23.2 Å². The quantitative estimate of drug-likeness (QED) is 0.859. The van der Waals surface area contributed by atoms with Crippen molar-refractivity contribution in [3.05, 3.63) is 47.5 Å². The fourth-order valence-corrected chi connectivity index (χ4v) is 2.13. The van der Waals surface area contributed by atoms with Crippen LogP contribution < -0.4 is 11.1 Å². The van der Waals surface area contributed by atoms with Crippen molar-refractivity contribution in [3.8, 4) is 0 Å². The standard InChI is InChI=1S/C14H17ClN4O/c1-2-7-19-9-17-8-12(19)13(14(16)20)18-11-5-3-10(15)4-6-11/h3-6,8-9,13,18H,2,7H2,1H3,(H2,16,20). The summed E-state index contributed by atoms with van der Waals surface area (Å²) in [7, 11) is 0. The zero-order chi connectivity index (χ0) is 14.5. The van der Waals surface area contributed by atoms with E-state index in [2.05, 4.69) is 17.2 Å². The van der Waals surface area contributed by atoms with E-state index in [4.69, 9.17) is 17.3 Å². The van der Waals surface area contributed by atoms with Crippen molar-refractivity contribution in [1.29, 1.82) is 0 Å². The van der Waals surface area contributed by atoms with Gasteiger partial charge < -0.3 is 15.6 Å². The van der Waals surface area contributed by atoms with Gasteiger partial charge in [-0.15, -0.1) is 0 Å². The van der Waals surface area contributed by atoms with Crippen molar-refractivity contribution < 1.29 is 4.79 Å². The Labute approximate surface area is 122 Å². The molecule has 0 bridgehead atoms. The first-order valence-electron chi connectivity index (χ1n) is 6.43. The number of aromatic nitrogens is 2. The first-order valence-corrected chi connectivity index (χ1v) is 6.81. The van der Waals surface area contributed by atoms with E-state index in [9.17, 15) is 4.79 Å². The Hall–Kier alpha value is -2.01. The van der Waals surface area contributed by atoms with Crippen LogP contribution in [0.1, 0.15) is 25.1 Å². The number of halogens is 1. The third-order valence-corrected chi connectivity index (χ3v) is 3.20. The summed E-state index contributed by atoms with van der Waals surface area (Å²) in [5, 5.41) is 3.75. The number of nitrogens with zero attached hydrogens (tertiary/aromatic N) is 2. The molecule has 1 aromatic carbocycles. The molecule has 5 nitrogen and oxygen atoms in total. The number of imidazole rings is 1. The van der Waals surface area contributed by atoms with Gasteiger partial charge in [-0.1, -0.05) is 18.5 Å². The van der Waals surface area contributed by atoms with Gasteiger partial charge in [0.25, 0.3) is 0 Å². The number of carbonyl (C=O) groups excluding carboxylic acids is 1. The van der Waals surface area contributed by atoms with Crippen LogP contribution in [-0.4, -0.2) is 15.5 Å². The fraction of sp³-hybridized carbons (Fsp3) is 0.286. The van der Waals surface area contributed by atoms with Gasteiger partial charge in [0, 0.05) is 17.3 Å².